The number of carboxylic acid groups (broad SMARTS) is 1. The average molecular weight is 332 g/mol. The van der Waals surface area contributed by atoms with E-state index in [0.717, 1.165) is 10.0 Å². The van der Waals surface area contributed by atoms with Gasteiger partial charge in [0.2, 0.25) is 0 Å². The summed E-state index contributed by atoms with van der Waals surface area (Å²) in [6.45, 7) is 0. The molecule has 6 heteroatoms. The Labute approximate surface area is 123 Å². The number of para-hydroxylation sites is 1. The molecule has 1 N–H and O–H groups in total. The van der Waals surface area contributed by atoms with Gasteiger partial charge in [-0.25, -0.2) is 9.78 Å². The van der Waals surface area contributed by atoms with Gasteiger partial charge in [0.05, 0.1) is 23.0 Å². The van der Waals surface area contributed by atoms with E-state index in [0.29, 0.717) is 16.6 Å². The lowest BCUT2D eigenvalue weighted by Crippen LogP contribution is -2.00. The Hall–Kier alpha value is -2.21. The molecule has 0 radical (unpaired) electrons. The van der Waals surface area contributed by atoms with E-state index in [-0.39, 0.29) is 5.56 Å². The van der Waals surface area contributed by atoms with Crippen LogP contribution in [0.3, 0.4) is 0 Å². The lowest BCUT2D eigenvalue weighted by atomic mass is 10.1. The Bertz CT molecular complexity index is 826. The van der Waals surface area contributed by atoms with Crippen molar-refractivity contribution >= 4 is 32.8 Å². The molecular formula is C14H10BrN3O2. The molecule has 0 bridgehead atoms. The molecule has 1 aromatic carbocycles. The van der Waals surface area contributed by atoms with Crippen LogP contribution in [-0.4, -0.2) is 25.8 Å². The molecule has 0 aliphatic heterocycles. The number of fused-ring (bicyclic) bond motifs is 1. The van der Waals surface area contributed by atoms with Crippen LogP contribution < -0.4 is 0 Å². The zero-order valence-electron chi connectivity index (χ0n) is 10.5. The van der Waals surface area contributed by atoms with Crippen molar-refractivity contribution in [2.24, 2.45) is 7.05 Å². The van der Waals surface area contributed by atoms with E-state index in [2.05, 4.69) is 26.0 Å². The van der Waals surface area contributed by atoms with Crippen LogP contribution >= 0.6 is 15.9 Å². The van der Waals surface area contributed by atoms with Gasteiger partial charge >= 0.3 is 5.97 Å². The van der Waals surface area contributed by atoms with Crippen molar-refractivity contribution in [1.82, 2.24) is 14.8 Å². The molecule has 0 aliphatic carbocycles. The molecule has 0 saturated heterocycles. The minimum Gasteiger partial charge on any atom is -0.478 e. The smallest absolute Gasteiger partial charge is 0.336 e. The molecule has 100 valence electrons. The first-order chi connectivity index (χ1) is 9.56. The Morgan fingerprint density at radius 2 is 2.20 bits per heavy atom. The Morgan fingerprint density at radius 1 is 1.40 bits per heavy atom. The summed E-state index contributed by atoms with van der Waals surface area (Å²) in [6.07, 6.45) is 3.47. The fraction of sp³-hybridized carbons (Fsp3) is 0.0714. The number of halogens is 1. The second-order valence-corrected chi connectivity index (χ2v) is 5.25. The zero-order chi connectivity index (χ0) is 14.3. The summed E-state index contributed by atoms with van der Waals surface area (Å²) < 4.78 is 2.42. The number of benzene rings is 1. The van der Waals surface area contributed by atoms with Gasteiger partial charge in [-0.3, -0.25) is 4.68 Å². The molecule has 0 aliphatic rings. The number of rotatable bonds is 2. The fourth-order valence-electron chi connectivity index (χ4n) is 2.09. The van der Waals surface area contributed by atoms with Crippen molar-refractivity contribution in [2.75, 3.05) is 0 Å². The van der Waals surface area contributed by atoms with Gasteiger partial charge in [0.15, 0.2) is 0 Å². The van der Waals surface area contributed by atoms with E-state index in [1.165, 1.54) is 0 Å². The van der Waals surface area contributed by atoms with E-state index in [1.54, 1.807) is 42.3 Å². The lowest BCUT2D eigenvalue weighted by Gasteiger charge is -2.07. The predicted octanol–water partition coefficient (Wildman–Crippen LogP) is 3.10. The number of carbonyl (C=O) groups is 1. The number of hydrogen-bond acceptors (Lipinski definition) is 3. The van der Waals surface area contributed by atoms with Gasteiger partial charge in [0, 0.05) is 28.7 Å². The first-order valence-electron chi connectivity index (χ1n) is 5.88. The van der Waals surface area contributed by atoms with Crippen molar-refractivity contribution < 1.29 is 9.90 Å². The highest BCUT2D eigenvalue weighted by molar-refractivity contribution is 9.10. The van der Waals surface area contributed by atoms with Crippen LogP contribution in [-0.2, 0) is 7.05 Å². The summed E-state index contributed by atoms with van der Waals surface area (Å²) in [4.78, 5) is 16.0. The zero-order valence-corrected chi connectivity index (χ0v) is 12.1. The third kappa shape index (κ3) is 2.08. The first-order valence-corrected chi connectivity index (χ1v) is 6.67. The standard InChI is InChI=1S/C14H10BrN3O2/c1-18-7-8(6-16-18)12-5-10(14(19)20)9-3-2-4-11(15)13(9)17-12/h2-7H,1H3,(H,19,20). The highest BCUT2D eigenvalue weighted by Gasteiger charge is 2.15. The molecule has 0 spiro atoms. The van der Waals surface area contributed by atoms with Gasteiger partial charge in [-0.05, 0) is 28.1 Å². The molecule has 20 heavy (non-hydrogen) atoms. The van der Waals surface area contributed by atoms with Gasteiger partial charge in [-0.1, -0.05) is 12.1 Å². The normalized spacial score (nSPS) is 10.9. The summed E-state index contributed by atoms with van der Waals surface area (Å²) in [6, 6.07) is 6.97. The van der Waals surface area contributed by atoms with Gasteiger partial charge in [0.25, 0.3) is 0 Å². The molecule has 0 atom stereocenters. The van der Waals surface area contributed by atoms with Crippen LogP contribution in [0.4, 0.5) is 0 Å². The first kappa shape index (κ1) is 12.8. The van der Waals surface area contributed by atoms with E-state index in [9.17, 15) is 9.90 Å². The SMILES string of the molecule is Cn1cc(-c2cc(C(=O)O)c3cccc(Br)c3n2)cn1. The summed E-state index contributed by atoms with van der Waals surface area (Å²) in [5.74, 6) is -0.972. The van der Waals surface area contributed by atoms with Crippen LogP contribution in [0, 0.1) is 0 Å². The van der Waals surface area contributed by atoms with Crippen molar-refractivity contribution in [2.45, 2.75) is 0 Å². The minimum atomic E-state index is -0.972. The van der Waals surface area contributed by atoms with Crippen molar-refractivity contribution in [1.29, 1.82) is 0 Å². The molecule has 5 nitrogen and oxygen atoms in total. The van der Waals surface area contributed by atoms with Crippen LogP contribution in [0.1, 0.15) is 10.4 Å². The quantitative estimate of drug-likeness (QED) is 0.783. The molecule has 0 saturated carbocycles. The number of aromatic nitrogens is 3. The predicted molar refractivity (Wildman–Crippen MR) is 78.6 cm³/mol. The highest BCUT2D eigenvalue weighted by Crippen LogP contribution is 2.29. The maximum absolute atomic E-state index is 11.5. The maximum Gasteiger partial charge on any atom is 0.336 e. The summed E-state index contributed by atoms with van der Waals surface area (Å²) in [7, 11) is 1.80. The van der Waals surface area contributed by atoms with Crippen LogP contribution in [0.5, 0.6) is 0 Å². The summed E-state index contributed by atoms with van der Waals surface area (Å²) in [5, 5.41) is 14.1. The summed E-state index contributed by atoms with van der Waals surface area (Å²) >= 11 is 3.42. The van der Waals surface area contributed by atoms with Gasteiger partial charge in [-0.2, -0.15) is 5.10 Å². The van der Waals surface area contributed by atoms with Crippen molar-refractivity contribution in [3.05, 3.63) is 46.7 Å². The van der Waals surface area contributed by atoms with Gasteiger partial charge in [0.1, 0.15) is 0 Å². The molecule has 0 unspecified atom stereocenters. The number of carboxylic acids is 1. The lowest BCUT2D eigenvalue weighted by molar-refractivity contribution is 0.0699. The van der Waals surface area contributed by atoms with Gasteiger partial charge in [-0.15, -0.1) is 0 Å². The number of aromatic carboxylic acids is 1. The largest absolute Gasteiger partial charge is 0.478 e. The second-order valence-electron chi connectivity index (χ2n) is 4.40. The molecule has 0 amide bonds. The molecule has 3 aromatic rings. The van der Waals surface area contributed by atoms with E-state index >= 15 is 0 Å². The van der Waals surface area contributed by atoms with E-state index in [4.69, 9.17) is 0 Å². The van der Waals surface area contributed by atoms with Crippen LogP contribution in [0.25, 0.3) is 22.2 Å². The maximum atomic E-state index is 11.5. The minimum absolute atomic E-state index is 0.232. The topological polar surface area (TPSA) is 68.0 Å². The Morgan fingerprint density at radius 3 is 2.85 bits per heavy atom. The molecule has 0 fully saturated rings. The Kier molecular flexibility index (Phi) is 3.02. The van der Waals surface area contributed by atoms with E-state index < -0.39 is 5.97 Å². The van der Waals surface area contributed by atoms with Crippen LogP contribution in [0.15, 0.2) is 41.1 Å². The van der Waals surface area contributed by atoms with Crippen molar-refractivity contribution in [3.63, 3.8) is 0 Å². The average Bonchev–Trinajstić information content (AvgIpc) is 2.85. The second kappa shape index (κ2) is 4.72. The number of nitrogens with zero attached hydrogens (tertiary/aromatic N) is 3. The monoisotopic (exact) mass is 331 g/mol. The third-order valence-corrected chi connectivity index (χ3v) is 3.66. The third-order valence-electron chi connectivity index (χ3n) is 3.02. The highest BCUT2D eigenvalue weighted by atomic mass is 79.9. The molecular weight excluding hydrogens is 322 g/mol. The van der Waals surface area contributed by atoms with Crippen molar-refractivity contribution in [3.8, 4) is 11.3 Å². The molecule has 3 rings (SSSR count). The Balaban J connectivity index is 2.35. The molecule has 2 aromatic heterocycles. The number of pyridine rings is 1. The fourth-order valence-corrected chi connectivity index (χ4v) is 2.55. The van der Waals surface area contributed by atoms with Gasteiger partial charge < -0.3 is 5.11 Å². The summed E-state index contributed by atoms with van der Waals surface area (Å²) in [5.41, 5.74) is 2.24. The number of aryl methyl sites for hydroxylation is 1. The number of hydrogen-bond donors (Lipinski definition) is 1. The van der Waals surface area contributed by atoms with Crippen LogP contribution in [0.2, 0.25) is 0 Å². The molecule has 2 heterocycles. The van der Waals surface area contributed by atoms with E-state index in [1.807, 2.05) is 6.07 Å².